The lowest BCUT2D eigenvalue weighted by atomic mass is 9.82. The van der Waals surface area contributed by atoms with Gasteiger partial charge in [0.1, 0.15) is 5.82 Å². The van der Waals surface area contributed by atoms with Crippen LogP contribution in [0, 0.1) is 23.4 Å². The Balaban J connectivity index is 1.36. The number of carbonyl (C=O) groups excluding carboxylic acids is 1. The lowest BCUT2D eigenvalue weighted by molar-refractivity contribution is -0.136. The fraction of sp³-hybridized carbons (Fsp3) is 0.458. The first-order chi connectivity index (χ1) is 14.4. The summed E-state index contributed by atoms with van der Waals surface area (Å²) in [4.78, 5) is 14.9. The van der Waals surface area contributed by atoms with Crippen molar-refractivity contribution in [1.82, 2.24) is 4.90 Å². The lowest BCUT2D eigenvalue weighted by Crippen LogP contribution is -2.50. The molecule has 2 aliphatic heterocycles. The minimum absolute atomic E-state index is 0.107. The Labute approximate surface area is 175 Å². The fourth-order valence-electron chi connectivity index (χ4n) is 5.14. The molecule has 0 aliphatic carbocycles. The number of aryl methyl sites for hydroxylation is 1. The van der Waals surface area contributed by atoms with Gasteiger partial charge in [-0.15, -0.1) is 0 Å². The van der Waals surface area contributed by atoms with Crippen molar-refractivity contribution >= 4 is 5.91 Å². The van der Waals surface area contributed by atoms with Crippen LogP contribution in [0.4, 0.5) is 13.2 Å². The van der Waals surface area contributed by atoms with E-state index in [9.17, 15) is 18.0 Å². The van der Waals surface area contributed by atoms with E-state index in [4.69, 9.17) is 5.73 Å². The molecule has 2 heterocycles. The first kappa shape index (κ1) is 20.9. The van der Waals surface area contributed by atoms with Gasteiger partial charge in [-0.25, -0.2) is 13.2 Å². The second kappa shape index (κ2) is 8.80. The molecule has 1 amide bonds. The second-order valence-electron chi connectivity index (χ2n) is 8.63. The maximum absolute atomic E-state index is 14.0. The zero-order valence-corrected chi connectivity index (χ0v) is 16.9. The van der Waals surface area contributed by atoms with Crippen molar-refractivity contribution in [3.05, 3.63) is 71.0 Å². The largest absolute Gasteiger partial charge is 0.337 e. The second-order valence-corrected chi connectivity index (χ2v) is 8.63. The maximum Gasteiger partial charge on any atom is 0.223 e. The zero-order valence-electron chi connectivity index (χ0n) is 16.9. The van der Waals surface area contributed by atoms with Crippen LogP contribution >= 0.6 is 0 Å². The van der Waals surface area contributed by atoms with E-state index in [0.717, 1.165) is 43.7 Å². The van der Waals surface area contributed by atoms with E-state index in [-0.39, 0.29) is 41.9 Å². The first-order valence-electron chi connectivity index (χ1n) is 10.7. The van der Waals surface area contributed by atoms with Gasteiger partial charge in [0, 0.05) is 30.6 Å². The Hall–Kier alpha value is -2.34. The predicted octanol–water partition coefficient (Wildman–Crippen LogP) is 4.38. The third-order valence-electron chi connectivity index (χ3n) is 6.68. The third-order valence-corrected chi connectivity index (χ3v) is 6.68. The summed E-state index contributed by atoms with van der Waals surface area (Å²) >= 11 is 0. The van der Waals surface area contributed by atoms with Crippen LogP contribution in [0.3, 0.4) is 0 Å². The van der Waals surface area contributed by atoms with Gasteiger partial charge in [0.15, 0.2) is 11.6 Å². The van der Waals surface area contributed by atoms with Gasteiger partial charge in [0.2, 0.25) is 5.91 Å². The molecule has 2 N–H and O–H groups in total. The number of benzene rings is 2. The molecule has 2 fully saturated rings. The quantitative estimate of drug-likeness (QED) is 0.711. The molecule has 160 valence electrons. The average molecular weight is 416 g/mol. The summed E-state index contributed by atoms with van der Waals surface area (Å²) in [6.45, 7) is 0. The van der Waals surface area contributed by atoms with Crippen molar-refractivity contribution < 1.29 is 18.0 Å². The molecule has 1 unspecified atom stereocenters. The monoisotopic (exact) mass is 416 g/mol. The van der Waals surface area contributed by atoms with E-state index in [0.29, 0.717) is 12.5 Å². The van der Waals surface area contributed by atoms with Crippen LogP contribution in [-0.4, -0.2) is 28.9 Å². The first-order valence-corrected chi connectivity index (χ1v) is 10.7. The Morgan fingerprint density at radius 3 is 2.30 bits per heavy atom. The molecule has 2 saturated heterocycles. The number of nitrogens with two attached hydrogens (primary N) is 1. The number of hydrogen-bond donors (Lipinski definition) is 1. The number of piperidine rings is 1. The molecule has 2 bridgehead atoms. The van der Waals surface area contributed by atoms with E-state index < -0.39 is 17.5 Å². The summed E-state index contributed by atoms with van der Waals surface area (Å²) in [5.41, 5.74) is 7.62. The van der Waals surface area contributed by atoms with Crippen molar-refractivity contribution in [3.8, 4) is 0 Å². The smallest absolute Gasteiger partial charge is 0.223 e. The summed E-state index contributed by atoms with van der Waals surface area (Å²) in [6.07, 6.45) is 4.87. The Morgan fingerprint density at radius 2 is 1.63 bits per heavy atom. The number of halogens is 3. The predicted molar refractivity (Wildman–Crippen MR) is 109 cm³/mol. The van der Waals surface area contributed by atoms with E-state index in [1.807, 2.05) is 35.2 Å². The topological polar surface area (TPSA) is 46.3 Å². The molecule has 4 atom stereocenters. The summed E-state index contributed by atoms with van der Waals surface area (Å²) in [7, 11) is 0. The van der Waals surface area contributed by atoms with E-state index >= 15 is 0 Å². The van der Waals surface area contributed by atoms with Gasteiger partial charge in [-0.1, -0.05) is 30.3 Å². The molecule has 2 aliphatic rings. The van der Waals surface area contributed by atoms with Gasteiger partial charge in [0.25, 0.3) is 0 Å². The van der Waals surface area contributed by atoms with Crippen molar-refractivity contribution in [2.24, 2.45) is 11.7 Å². The molecule has 0 saturated carbocycles. The summed E-state index contributed by atoms with van der Waals surface area (Å²) in [5.74, 6) is -2.69. The van der Waals surface area contributed by atoms with Crippen LogP contribution in [0.1, 0.15) is 43.2 Å². The standard InChI is InChI=1S/C24H27F3N2O/c25-20-14-22(27)21(26)12-16(20)13-23(28)17-10-18-7-8-19(11-17)29(18)24(30)9-6-15-4-2-1-3-5-15/h1-5,12,14,17-19,23H,6-11,13,28H2/t17-,18-,19+,23?. The highest BCUT2D eigenvalue weighted by Crippen LogP contribution is 2.40. The molecule has 2 aromatic rings. The van der Waals surface area contributed by atoms with Crippen LogP contribution < -0.4 is 5.73 Å². The van der Waals surface area contributed by atoms with Crippen LogP contribution in [0.25, 0.3) is 0 Å². The minimum atomic E-state index is -1.19. The molecule has 6 heteroatoms. The van der Waals surface area contributed by atoms with Crippen LogP contribution in [0.5, 0.6) is 0 Å². The van der Waals surface area contributed by atoms with Crippen molar-refractivity contribution in [2.75, 3.05) is 0 Å². The number of carbonyl (C=O) groups is 1. The molecule has 3 nitrogen and oxygen atoms in total. The van der Waals surface area contributed by atoms with Gasteiger partial charge >= 0.3 is 0 Å². The summed E-state index contributed by atoms with van der Waals surface area (Å²) < 4.78 is 40.7. The lowest BCUT2D eigenvalue weighted by Gasteiger charge is -2.41. The highest BCUT2D eigenvalue weighted by atomic mass is 19.2. The average Bonchev–Trinajstić information content (AvgIpc) is 3.00. The molecule has 30 heavy (non-hydrogen) atoms. The molecular formula is C24H27F3N2O. The number of fused-ring (bicyclic) bond motifs is 2. The number of nitrogens with zero attached hydrogens (tertiary/aromatic N) is 1. The fourth-order valence-corrected chi connectivity index (χ4v) is 5.14. The van der Waals surface area contributed by atoms with Gasteiger partial charge in [-0.2, -0.15) is 0 Å². The third kappa shape index (κ3) is 4.38. The Bertz CT molecular complexity index is 891. The number of rotatable bonds is 6. The number of amides is 1. The van der Waals surface area contributed by atoms with Crippen molar-refractivity contribution in [2.45, 2.75) is 63.1 Å². The van der Waals surface area contributed by atoms with Crippen LogP contribution in [-0.2, 0) is 17.6 Å². The Morgan fingerprint density at radius 1 is 1.00 bits per heavy atom. The van der Waals surface area contributed by atoms with Gasteiger partial charge in [-0.05, 0) is 61.6 Å². The summed E-state index contributed by atoms with van der Waals surface area (Å²) in [6, 6.07) is 11.4. The summed E-state index contributed by atoms with van der Waals surface area (Å²) in [5, 5.41) is 0. The SMILES string of the molecule is NC(Cc1cc(F)c(F)cc1F)[C@@H]1C[C@H]2CC[C@@H](C1)N2C(=O)CCc1ccccc1. The minimum Gasteiger partial charge on any atom is -0.337 e. The van der Waals surface area contributed by atoms with E-state index in [1.54, 1.807) is 0 Å². The zero-order chi connectivity index (χ0) is 21.3. The molecule has 0 radical (unpaired) electrons. The van der Waals surface area contributed by atoms with Crippen LogP contribution in [0.2, 0.25) is 0 Å². The highest BCUT2D eigenvalue weighted by molar-refractivity contribution is 5.77. The molecule has 2 aromatic carbocycles. The van der Waals surface area contributed by atoms with E-state index in [2.05, 4.69) is 0 Å². The van der Waals surface area contributed by atoms with E-state index in [1.165, 1.54) is 0 Å². The maximum atomic E-state index is 14.0. The van der Waals surface area contributed by atoms with Crippen LogP contribution in [0.15, 0.2) is 42.5 Å². The van der Waals surface area contributed by atoms with Crippen molar-refractivity contribution in [1.29, 1.82) is 0 Å². The molecule has 4 rings (SSSR count). The van der Waals surface area contributed by atoms with Gasteiger partial charge < -0.3 is 10.6 Å². The van der Waals surface area contributed by atoms with Gasteiger partial charge in [0.05, 0.1) is 0 Å². The molecular weight excluding hydrogens is 389 g/mol. The Kier molecular flexibility index (Phi) is 6.14. The normalized spacial score (nSPS) is 24.1. The number of hydrogen-bond acceptors (Lipinski definition) is 2. The molecule has 0 aromatic heterocycles. The molecule has 0 spiro atoms. The van der Waals surface area contributed by atoms with Gasteiger partial charge in [-0.3, -0.25) is 4.79 Å². The highest BCUT2D eigenvalue weighted by Gasteiger charge is 2.44. The van der Waals surface area contributed by atoms with Crippen molar-refractivity contribution in [3.63, 3.8) is 0 Å².